The van der Waals surface area contributed by atoms with E-state index < -0.39 is 0 Å². The molecular weight excluding hydrogens is 1570 g/mol. The normalized spacial score (nSPS) is 12.6. The van der Waals surface area contributed by atoms with Crippen LogP contribution in [0.2, 0.25) is 0 Å². The number of fused-ring (bicyclic) bond motifs is 27. The third-order valence-electron chi connectivity index (χ3n) is 29.2. The molecule has 7 aromatic heterocycles. The Morgan fingerprint density at radius 1 is 0.154 bits per heavy atom. The zero-order chi connectivity index (χ0) is 87.7. The summed E-state index contributed by atoms with van der Waals surface area (Å²) in [4.78, 5) is 0. The monoisotopic (exact) mass is 1670 g/mol. The molecule has 0 aliphatic rings. The molecule has 4 heteroatoms. The maximum absolute atomic E-state index is 6.19. The highest BCUT2D eigenvalue weighted by Crippen LogP contribution is 2.50. The zero-order valence-electron chi connectivity index (χ0n) is 75.6. The number of aromatic nitrogens is 3. The molecule has 624 valence electrons. The molecule has 0 fully saturated rings. The highest BCUT2D eigenvalue weighted by Gasteiger charge is 2.27. The van der Waals surface area contributed by atoms with E-state index in [4.69, 9.17) is 4.42 Å². The van der Waals surface area contributed by atoms with Gasteiger partial charge in [0.05, 0.1) is 49.7 Å². The van der Waals surface area contributed by atoms with Gasteiger partial charge in [-0.3, -0.25) is 0 Å². The predicted octanol–water partition coefficient (Wildman–Crippen LogP) is 36.7. The lowest BCUT2D eigenvalue weighted by Gasteiger charge is -2.09. The Bertz CT molecular complexity index is 8940. The minimum Gasteiger partial charge on any atom is -0.456 e. The van der Waals surface area contributed by atoms with Gasteiger partial charge in [-0.05, 0) is 305 Å². The standard InChI is InChI=1S/C44H33NO.C44H35N.C38H31N/c1-24(2)26-9-11-29-22-40-35(18-31(29)15-26)38-20-33(28-13-14-43-37(17-28)34-7-5-6-8-42(34)46-43)21-39-36-19-32-16-27(25(3)4)10-12-30(32)23-41(36)45(40)44(38)39;1-26(2)31-14-16-33-24-42-38(20-35(33)18-31)40-22-37(30-12-10-29(11-13-30)28-8-6-5-7-9-28)23-41-39-21-36-19-32(27(3)4)15-17-34(36)25-43(39)45(42)44(40)41;1-22(2)25-10-12-27-20-36-32(16-29(27)14-25)34-18-31(24-8-6-5-7-9-24)19-35-33-17-30-15-26(23(3)4)11-13-28(30)21-37(33)39(36)38(34)35/h5-25H,1-4H3;5-27H,1-4H3;5-23H,1-4H3. The summed E-state index contributed by atoms with van der Waals surface area (Å²) in [5.74, 6) is 3.00. The molecule has 0 radical (unpaired) electrons. The number of benzene rings is 20. The Kier molecular flexibility index (Phi) is 17.5. The molecule has 0 aliphatic carbocycles. The Balaban J connectivity index is 0.000000106. The second-order valence-electron chi connectivity index (χ2n) is 39.2. The molecule has 27 rings (SSSR count). The summed E-state index contributed by atoms with van der Waals surface area (Å²) in [6.45, 7) is 27.3. The summed E-state index contributed by atoms with van der Waals surface area (Å²) >= 11 is 0. The van der Waals surface area contributed by atoms with Crippen molar-refractivity contribution in [3.05, 3.63) is 379 Å². The summed E-state index contributed by atoms with van der Waals surface area (Å²) in [6.07, 6.45) is 0. The number of nitrogens with zero attached hydrogens (tertiary/aromatic N) is 3. The summed E-state index contributed by atoms with van der Waals surface area (Å²) in [6, 6.07) is 131. The van der Waals surface area contributed by atoms with E-state index >= 15 is 0 Å². The number of para-hydroxylation sites is 1. The van der Waals surface area contributed by atoms with E-state index in [-0.39, 0.29) is 0 Å². The van der Waals surface area contributed by atoms with Crippen LogP contribution in [0.3, 0.4) is 0 Å². The average molecular weight is 1670 g/mol. The van der Waals surface area contributed by atoms with Gasteiger partial charge in [0.1, 0.15) is 11.2 Å². The van der Waals surface area contributed by atoms with Gasteiger partial charge in [-0.15, -0.1) is 0 Å². The molecule has 0 unspecified atom stereocenters. The highest BCUT2D eigenvalue weighted by atomic mass is 16.3. The maximum Gasteiger partial charge on any atom is 0.135 e. The zero-order valence-corrected chi connectivity index (χ0v) is 75.6. The van der Waals surface area contributed by atoms with Crippen molar-refractivity contribution in [1.29, 1.82) is 0 Å². The molecule has 130 heavy (non-hydrogen) atoms. The van der Waals surface area contributed by atoms with Crippen LogP contribution in [0.4, 0.5) is 0 Å². The van der Waals surface area contributed by atoms with E-state index in [2.05, 4.69) is 436 Å². The van der Waals surface area contributed by atoms with Crippen molar-refractivity contribution in [1.82, 2.24) is 13.2 Å². The van der Waals surface area contributed by atoms with Gasteiger partial charge >= 0.3 is 0 Å². The molecule has 7 heterocycles. The number of hydrogen-bond donors (Lipinski definition) is 0. The van der Waals surface area contributed by atoms with E-state index in [1.807, 2.05) is 6.07 Å². The third kappa shape index (κ3) is 12.2. The third-order valence-corrected chi connectivity index (χ3v) is 29.2. The topological polar surface area (TPSA) is 26.4 Å². The van der Waals surface area contributed by atoms with E-state index in [9.17, 15) is 0 Å². The lowest BCUT2D eigenvalue weighted by atomic mass is 9.95. The van der Waals surface area contributed by atoms with Gasteiger partial charge in [-0.25, -0.2) is 0 Å². The van der Waals surface area contributed by atoms with Crippen LogP contribution in [0.15, 0.2) is 350 Å². The molecule has 0 bridgehead atoms. The summed E-state index contributed by atoms with van der Waals surface area (Å²) in [5.41, 5.74) is 31.8. The number of hydrogen-bond acceptors (Lipinski definition) is 1. The van der Waals surface area contributed by atoms with E-state index in [1.165, 1.54) is 257 Å². The molecule has 0 aliphatic heterocycles. The maximum atomic E-state index is 6.19. The number of furan rings is 1. The average Bonchev–Trinajstić information content (AvgIpc) is 1.54. The molecule has 27 aromatic rings. The van der Waals surface area contributed by atoms with Crippen LogP contribution >= 0.6 is 0 Å². The number of rotatable bonds is 10. The van der Waals surface area contributed by atoms with Crippen molar-refractivity contribution in [3.63, 3.8) is 0 Å². The fourth-order valence-corrected chi connectivity index (χ4v) is 21.9. The van der Waals surface area contributed by atoms with Crippen LogP contribution in [0.25, 0.3) is 245 Å². The second-order valence-corrected chi connectivity index (χ2v) is 39.2. The molecule has 0 N–H and O–H groups in total. The van der Waals surface area contributed by atoms with Crippen molar-refractivity contribution in [2.75, 3.05) is 0 Å². The molecule has 4 nitrogen and oxygen atoms in total. The molecular formula is C126H99N3O. The van der Waals surface area contributed by atoms with Crippen LogP contribution in [0, 0.1) is 0 Å². The fraction of sp³-hybridized carbons (Fsp3) is 0.143. The quantitative estimate of drug-likeness (QED) is 0.134. The largest absolute Gasteiger partial charge is 0.456 e. The van der Waals surface area contributed by atoms with Crippen LogP contribution < -0.4 is 0 Å². The second kappa shape index (κ2) is 29.4. The summed E-state index contributed by atoms with van der Waals surface area (Å²) in [5, 5.41) is 33.8. The highest BCUT2D eigenvalue weighted by molar-refractivity contribution is 6.31. The molecule has 0 saturated heterocycles. The van der Waals surface area contributed by atoms with Gasteiger partial charge in [0, 0.05) is 75.4 Å². The van der Waals surface area contributed by atoms with Gasteiger partial charge in [0.15, 0.2) is 0 Å². The lowest BCUT2D eigenvalue weighted by Crippen LogP contribution is -1.88. The first-order valence-electron chi connectivity index (χ1n) is 46.9. The van der Waals surface area contributed by atoms with Crippen molar-refractivity contribution >= 4 is 201 Å². The van der Waals surface area contributed by atoms with Crippen LogP contribution in [-0.4, -0.2) is 13.2 Å². The SMILES string of the molecule is CC(C)c1ccc2cc3c(cc2c1)c1cc(-c2ccc(-c4ccccc4)cc2)cc2c4cc5cc(C(C)C)ccc5cc4n3c12.CC(C)c1ccc2cc3c(cc2c1)c1cc(-c2ccc4oc5ccccc5c4c2)cc2c4cc5cc(C(C)C)ccc5cc4n3c12.CC(C)c1ccc2cc3c(cc2c1)c1cc(-c2ccccc2)cc2c4cc5cc(C(C)C)ccc5cc4n3c12. The van der Waals surface area contributed by atoms with Gasteiger partial charge in [0.2, 0.25) is 0 Å². The minimum absolute atomic E-state index is 0.490. The summed E-state index contributed by atoms with van der Waals surface area (Å²) in [7, 11) is 0. The van der Waals surface area contributed by atoms with Crippen LogP contribution in [0.5, 0.6) is 0 Å². The van der Waals surface area contributed by atoms with E-state index in [1.54, 1.807) is 0 Å². The molecule has 0 amide bonds. The smallest absolute Gasteiger partial charge is 0.135 e. The first-order chi connectivity index (χ1) is 63.3. The van der Waals surface area contributed by atoms with Gasteiger partial charge in [0.25, 0.3) is 0 Å². The van der Waals surface area contributed by atoms with Crippen LogP contribution in [-0.2, 0) is 0 Å². The van der Waals surface area contributed by atoms with E-state index in [0.29, 0.717) is 35.5 Å². The van der Waals surface area contributed by atoms with Gasteiger partial charge < -0.3 is 17.6 Å². The predicted molar refractivity (Wildman–Crippen MR) is 562 cm³/mol. The Labute approximate surface area is 755 Å². The van der Waals surface area contributed by atoms with Crippen molar-refractivity contribution in [2.24, 2.45) is 0 Å². The lowest BCUT2D eigenvalue weighted by molar-refractivity contribution is 0.669. The molecule has 0 saturated carbocycles. The fourth-order valence-electron chi connectivity index (χ4n) is 21.9. The van der Waals surface area contributed by atoms with Crippen LogP contribution in [0.1, 0.15) is 152 Å². The first-order valence-corrected chi connectivity index (χ1v) is 46.9. The Hall–Kier alpha value is -14.8. The Morgan fingerprint density at radius 2 is 0.377 bits per heavy atom. The van der Waals surface area contributed by atoms with Crippen molar-refractivity contribution < 1.29 is 4.42 Å². The molecule has 20 aromatic carbocycles. The Morgan fingerprint density at radius 3 is 0.662 bits per heavy atom. The van der Waals surface area contributed by atoms with Crippen molar-refractivity contribution in [2.45, 2.75) is 119 Å². The van der Waals surface area contributed by atoms with Gasteiger partial charge in [-0.1, -0.05) is 301 Å². The van der Waals surface area contributed by atoms with Gasteiger partial charge in [-0.2, -0.15) is 0 Å². The summed E-state index contributed by atoms with van der Waals surface area (Å²) < 4.78 is 13.8. The molecule has 0 spiro atoms. The molecule has 0 atom stereocenters. The van der Waals surface area contributed by atoms with Crippen molar-refractivity contribution in [3.8, 4) is 44.5 Å². The first kappa shape index (κ1) is 77.5. The van der Waals surface area contributed by atoms with E-state index in [0.717, 1.165) is 21.9 Å². The minimum atomic E-state index is 0.490.